The summed E-state index contributed by atoms with van der Waals surface area (Å²) in [6, 6.07) is 2.11. The quantitative estimate of drug-likeness (QED) is 0.922. The Morgan fingerprint density at radius 1 is 1.44 bits per heavy atom. The SMILES string of the molecule is CN(c1cc(Br)cs1)c1ncnc2c1CNCC2. The number of nitrogens with zero attached hydrogens (tertiary/aromatic N) is 3. The van der Waals surface area contributed by atoms with Gasteiger partial charge in [0.2, 0.25) is 0 Å². The van der Waals surface area contributed by atoms with E-state index < -0.39 is 0 Å². The van der Waals surface area contributed by atoms with Gasteiger partial charge in [0.15, 0.2) is 0 Å². The van der Waals surface area contributed by atoms with Crippen LogP contribution in [-0.2, 0) is 13.0 Å². The van der Waals surface area contributed by atoms with Gasteiger partial charge in [-0.1, -0.05) is 0 Å². The first kappa shape index (κ1) is 12.1. The molecule has 0 aromatic carbocycles. The first-order valence-corrected chi connectivity index (χ1v) is 7.44. The third-order valence-corrected chi connectivity index (χ3v) is 4.82. The predicted octanol–water partition coefficient (Wildman–Crippen LogP) is 2.71. The summed E-state index contributed by atoms with van der Waals surface area (Å²) in [6.07, 6.45) is 2.64. The van der Waals surface area contributed by atoms with Gasteiger partial charge in [0.25, 0.3) is 0 Å². The van der Waals surface area contributed by atoms with Gasteiger partial charge in [-0.05, 0) is 22.0 Å². The molecule has 0 radical (unpaired) electrons. The molecule has 1 aliphatic rings. The van der Waals surface area contributed by atoms with E-state index in [1.807, 2.05) is 0 Å². The van der Waals surface area contributed by atoms with E-state index in [0.29, 0.717) is 0 Å². The molecule has 0 amide bonds. The Morgan fingerprint density at radius 2 is 2.33 bits per heavy atom. The van der Waals surface area contributed by atoms with E-state index in [9.17, 15) is 0 Å². The maximum absolute atomic E-state index is 4.44. The molecule has 0 bridgehead atoms. The van der Waals surface area contributed by atoms with Gasteiger partial charge in [-0.25, -0.2) is 9.97 Å². The molecule has 0 spiro atoms. The fourth-order valence-corrected chi connectivity index (χ4v) is 3.52. The normalized spacial score (nSPS) is 14.3. The molecule has 0 aliphatic carbocycles. The second kappa shape index (κ2) is 4.95. The fraction of sp³-hybridized carbons (Fsp3) is 0.333. The molecule has 94 valence electrons. The Bertz CT molecular complexity index is 569. The smallest absolute Gasteiger partial charge is 0.141 e. The van der Waals surface area contributed by atoms with Crippen LogP contribution >= 0.6 is 27.3 Å². The highest BCUT2D eigenvalue weighted by atomic mass is 79.9. The lowest BCUT2D eigenvalue weighted by Crippen LogP contribution is -2.27. The number of hydrogen-bond donors (Lipinski definition) is 1. The molecule has 6 heteroatoms. The average Bonchev–Trinajstić information content (AvgIpc) is 2.84. The van der Waals surface area contributed by atoms with Gasteiger partial charge in [0, 0.05) is 42.0 Å². The summed E-state index contributed by atoms with van der Waals surface area (Å²) in [5, 5.41) is 6.64. The first-order valence-electron chi connectivity index (χ1n) is 5.77. The number of nitrogens with one attached hydrogen (secondary N) is 1. The molecular weight excluding hydrogens is 312 g/mol. The predicted molar refractivity (Wildman–Crippen MR) is 77.5 cm³/mol. The molecule has 0 fully saturated rings. The molecule has 0 atom stereocenters. The summed E-state index contributed by atoms with van der Waals surface area (Å²) in [6.45, 7) is 1.85. The number of fused-ring (bicyclic) bond motifs is 1. The lowest BCUT2D eigenvalue weighted by Gasteiger charge is -2.23. The molecule has 0 unspecified atom stereocenters. The zero-order valence-corrected chi connectivity index (χ0v) is 12.4. The van der Waals surface area contributed by atoms with E-state index in [4.69, 9.17) is 0 Å². The highest BCUT2D eigenvalue weighted by Gasteiger charge is 2.18. The summed E-state index contributed by atoms with van der Waals surface area (Å²) in [5.41, 5.74) is 2.39. The van der Waals surface area contributed by atoms with Crippen LogP contribution in [0.3, 0.4) is 0 Å². The third-order valence-electron chi connectivity index (χ3n) is 3.05. The second-order valence-electron chi connectivity index (χ2n) is 4.21. The Morgan fingerprint density at radius 3 is 3.11 bits per heavy atom. The van der Waals surface area contributed by atoms with Crippen LogP contribution in [0, 0.1) is 0 Å². The van der Waals surface area contributed by atoms with Gasteiger partial charge in [-0.15, -0.1) is 11.3 Å². The maximum atomic E-state index is 4.44. The summed E-state index contributed by atoms with van der Waals surface area (Å²) < 4.78 is 1.11. The number of thiophene rings is 1. The van der Waals surface area contributed by atoms with Crippen LogP contribution in [0.5, 0.6) is 0 Å². The highest BCUT2D eigenvalue weighted by molar-refractivity contribution is 9.10. The molecular formula is C12H13BrN4S. The van der Waals surface area contributed by atoms with Gasteiger partial charge in [-0.3, -0.25) is 0 Å². The zero-order valence-electron chi connectivity index (χ0n) is 9.98. The molecule has 1 aliphatic heterocycles. The van der Waals surface area contributed by atoms with Crippen LogP contribution in [0.1, 0.15) is 11.3 Å². The van der Waals surface area contributed by atoms with E-state index >= 15 is 0 Å². The number of halogens is 1. The topological polar surface area (TPSA) is 41.1 Å². The maximum Gasteiger partial charge on any atom is 0.141 e. The first-order chi connectivity index (χ1) is 8.75. The third kappa shape index (κ3) is 2.15. The van der Waals surface area contributed by atoms with Crippen molar-refractivity contribution in [3.8, 4) is 0 Å². The summed E-state index contributed by atoms with van der Waals surface area (Å²) in [7, 11) is 2.05. The Balaban J connectivity index is 2.01. The van der Waals surface area contributed by atoms with Gasteiger partial charge >= 0.3 is 0 Å². The van der Waals surface area contributed by atoms with Crippen molar-refractivity contribution in [3.63, 3.8) is 0 Å². The van der Waals surface area contributed by atoms with E-state index in [0.717, 1.165) is 29.8 Å². The molecule has 0 saturated carbocycles. The number of anilines is 2. The average molecular weight is 325 g/mol. The second-order valence-corrected chi connectivity index (χ2v) is 6.02. The zero-order chi connectivity index (χ0) is 12.5. The van der Waals surface area contributed by atoms with Crippen LogP contribution in [0.15, 0.2) is 22.2 Å². The molecule has 1 N–H and O–H groups in total. The van der Waals surface area contributed by atoms with Gasteiger partial charge < -0.3 is 10.2 Å². The number of rotatable bonds is 2. The minimum Gasteiger partial charge on any atom is -0.321 e. The van der Waals surface area contributed by atoms with Gasteiger partial charge in [0.05, 0.1) is 10.7 Å². The number of aromatic nitrogens is 2. The van der Waals surface area contributed by atoms with Crippen molar-refractivity contribution in [2.75, 3.05) is 18.5 Å². The van der Waals surface area contributed by atoms with Crippen LogP contribution < -0.4 is 10.2 Å². The van der Waals surface area contributed by atoms with E-state index in [-0.39, 0.29) is 0 Å². The van der Waals surface area contributed by atoms with Crippen molar-refractivity contribution in [3.05, 3.63) is 33.5 Å². The van der Waals surface area contributed by atoms with E-state index in [2.05, 4.69) is 54.6 Å². The van der Waals surface area contributed by atoms with Gasteiger partial charge in [-0.2, -0.15) is 0 Å². The fourth-order valence-electron chi connectivity index (χ4n) is 2.13. The largest absolute Gasteiger partial charge is 0.321 e. The molecule has 2 aromatic heterocycles. The standard InChI is InChI=1S/C12H13BrN4S/c1-17(11-4-8(13)6-18-11)12-9-5-14-3-2-10(9)15-7-16-12/h4,6-7,14H,2-3,5H2,1H3. The molecule has 3 rings (SSSR count). The Kier molecular flexibility index (Phi) is 3.32. The summed E-state index contributed by atoms with van der Waals surface area (Å²) >= 11 is 5.19. The minimum atomic E-state index is 0.850. The van der Waals surface area contributed by atoms with Crippen LogP contribution in [0.2, 0.25) is 0 Å². The highest BCUT2D eigenvalue weighted by Crippen LogP contribution is 2.33. The van der Waals surface area contributed by atoms with E-state index in [1.165, 1.54) is 16.3 Å². The lowest BCUT2D eigenvalue weighted by atomic mass is 10.1. The van der Waals surface area contributed by atoms with Crippen molar-refractivity contribution in [2.45, 2.75) is 13.0 Å². The number of hydrogen-bond acceptors (Lipinski definition) is 5. The molecule has 18 heavy (non-hydrogen) atoms. The van der Waals surface area contributed by atoms with Crippen molar-refractivity contribution in [2.24, 2.45) is 0 Å². The van der Waals surface area contributed by atoms with Crippen molar-refractivity contribution < 1.29 is 0 Å². The van der Waals surface area contributed by atoms with Crippen LogP contribution in [0.25, 0.3) is 0 Å². The lowest BCUT2D eigenvalue weighted by molar-refractivity contribution is 0.625. The van der Waals surface area contributed by atoms with E-state index in [1.54, 1.807) is 17.7 Å². The summed E-state index contributed by atoms with van der Waals surface area (Å²) in [4.78, 5) is 10.9. The molecule has 0 saturated heterocycles. The minimum absolute atomic E-state index is 0.850. The Hall–Kier alpha value is -0.980. The molecule has 3 heterocycles. The molecule has 2 aromatic rings. The van der Waals surface area contributed by atoms with Crippen LogP contribution in [-0.4, -0.2) is 23.6 Å². The van der Waals surface area contributed by atoms with Gasteiger partial charge in [0.1, 0.15) is 12.1 Å². The van der Waals surface area contributed by atoms with Crippen molar-refractivity contribution in [1.82, 2.24) is 15.3 Å². The summed E-state index contributed by atoms with van der Waals surface area (Å²) in [5.74, 6) is 1.00. The van der Waals surface area contributed by atoms with Crippen molar-refractivity contribution in [1.29, 1.82) is 0 Å². The van der Waals surface area contributed by atoms with Crippen LogP contribution in [0.4, 0.5) is 10.8 Å². The Labute approximate surface area is 118 Å². The monoisotopic (exact) mass is 324 g/mol. The van der Waals surface area contributed by atoms with Crippen molar-refractivity contribution >= 4 is 38.1 Å². The molecule has 4 nitrogen and oxygen atoms in total.